The van der Waals surface area contributed by atoms with Crippen molar-refractivity contribution >= 4 is 11.9 Å². The number of guanidine groups is 1. The minimum absolute atomic E-state index is 0.0213. The zero-order valence-electron chi connectivity index (χ0n) is 12.1. The largest absolute Gasteiger partial charge is 0.383 e. The highest BCUT2D eigenvalue weighted by atomic mass is 16.5. The van der Waals surface area contributed by atoms with Gasteiger partial charge >= 0.3 is 0 Å². The number of likely N-dealkylation sites (N-methyl/N-ethyl adjacent to an activating group) is 1. The number of hydrogen-bond donors (Lipinski definition) is 2. The van der Waals surface area contributed by atoms with Gasteiger partial charge in [0.1, 0.15) is 6.54 Å². The number of nitrogens with zero attached hydrogens (tertiary/aromatic N) is 2. The molecule has 0 aliphatic rings. The van der Waals surface area contributed by atoms with Crippen molar-refractivity contribution in [3.8, 4) is 0 Å². The molecule has 0 saturated heterocycles. The lowest BCUT2D eigenvalue weighted by Gasteiger charge is -2.17. The van der Waals surface area contributed by atoms with Gasteiger partial charge in [-0.1, -0.05) is 6.92 Å². The monoisotopic (exact) mass is 258 g/mol. The van der Waals surface area contributed by atoms with Crippen molar-refractivity contribution in [2.75, 3.05) is 40.9 Å². The minimum Gasteiger partial charge on any atom is -0.383 e. The van der Waals surface area contributed by atoms with Crippen molar-refractivity contribution in [2.45, 2.75) is 26.3 Å². The highest BCUT2D eigenvalue weighted by molar-refractivity contribution is 5.84. The molecular formula is C12H26N4O2. The van der Waals surface area contributed by atoms with Crippen LogP contribution in [0.25, 0.3) is 0 Å². The lowest BCUT2D eigenvalue weighted by Crippen LogP contribution is -2.44. The van der Waals surface area contributed by atoms with E-state index >= 15 is 0 Å². The molecule has 6 nitrogen and oxygen atoms in total. The van der Waals surface area contributed by atoms with E-state index < -0.39 is 0 Å². The second kappa shape index (κ2) is 9.70. The molecule has 0 aromatic heterocycles. The number of nitrogens with one attached hydrogen (secondary N) is 2. The summed E-state index contributed by atoms with van der Waals surface area (Å²) in [4.78, 5) is 17.3. The van der Waals surface area contributed by atoms with Gasteiger partial charge in [-0.2, -0.15) is 0 Å². The molecule has 1 unspecified atom stereocenters. The predicted molar refractivity (Wildman–Crippen MR) is 73.8 cm³/mol. The van der Waals surface area contributed by atoms with Crippen LogP contribution in [0.15, 0.2) is 4.99 Å². The van der Waals surface area contributed by atoms with Crippen molar-refractivity contribution in [1.82, 2.24) is 15.5 Å². The predicted octanol–water partition coefficient (Wildman–Crippen LogP) is 0.0547. The standard InChI is InChI=1S/C12H26N4O2/c1-6-7-13-12(15-10(2)9-18-5)14-8-11(17)16(3)4/h10H,6-9H2,1-5H3,(H2,13,14,15). The Morgan fingerprint density at radius 2 is 2.11 bits per heavy atom. The third-order valence-corrected chi connectivity index (χ3v) is 2.21. The van der Waals surface area contributed by atoms with E-state index in [1.807, 2.05) is 6.92 Å². The molecule has 0 radical (unpaired) electrons. The molecule has 0 saturated carbocycles. The molecule has 0 aromatic rings. The second-order valence-corrected chi connectivity index (χ2v) is 4.38. The normalized spacial score (nSPS) is 13.1. The summed E-state index contributed by atoms with van der Waals surface area (Å²) in [6, 6.07) is 0.146. The van der Waals surface area contributed by atoms with Gasteiger partial charge in [0.05, 0.1) is 6.61 Å². The molecule has 0 heterocycles. The average Bonchev–Trinajstić information content (AvgIpc) is 2.32. The van der Waals surface area contributed by atoms with Gasteiger partial charge in [0.25, 0.3) is 0 Å². The van der Waals surface area contributed by atoms with Crippen LogP contribution in [-0.2, 0) is 9.53 Å². The van der Waals surface area contributed by atoms with Crippen molar-refractivity contribution in [2.24, 2.45) is 4.99 Å². The fraction of sp³-hybridized carbons (Fsp3) is 0.833. The number of carbonyl (C=O) groups excluding carboxylic acids is 1. The zero-order valence-corrected chi connectivity index (χ0v) is 12.1. The van der Waals surface area contributed by atoms with E-state index in [0.717, 1.165) is 13.0 Å². The molecule has 0 aliphatic carbocycles. The maximum absolute atomic E-state index is 11.5. The summed E-state index contributed by atoms with van der Waals surface area (Å²) in [5, 5.41) is 6.36. The second-order valence-electron chi connectivity index (χ2n) is 4.38. The molecule has 0 rings (SSSR count). The highest BCUT2D eigenvalue weighted by Gasteiger charge is 2.07. The number of rotatable bonds is 7. The molecule has 1 amide bonds. The van der Waals surface area contributed by atoms with Crippen molar-refractivity contribution in [1.29, 1.82) is 0 Å². The van der Waals surface area contributed by atoms with Crippen LogP contribution in [0.2, 0.25) is 0 Å². The Hall–Kier alpha value is -1.30. The summed E-state index contributed by atoms with van der Waals surface area (Å²) in [6.07, 6.45) is 1.00. The van der Waals surface area contributed by atoms with Gasteiger partial charge in [0.15, 0.2) is 5.96 Å². The molecule has 6 heteroatoms. The Bertz CT molecular complexity index is 267. The van der Waals surface area contributed by atoms with Gasteiger partial charge in [0, 0.05) is 33.8 Å². The first-order chi connectivity index (χ1) is 8.51. The topological polar surface area (TPSA) is 66.0 Å². The summed E-state index contributed by atoms with van der Waals surface area (Å²) < 4.78 is 5.05. The summed E-state index contributed by atoms with van der Waals surface area (Å²) in [6.45, 7) is 5.64. The van der Waals surface area contributed by atoms with Crippen LogP contribution in [-0.4, -0.2) is 63.7 Å². The van der Waals surface area contributed by atoms with Gasteiger partial charge in [0.2, 0.25) is 5.91 Å². The molecule has 2 N–H and O–H groups in total. The van der Waals surface area contributed by atoms with Gasteiger partial charge in [-0.25, -0.2) is 4.99 Å². The van der Waals surface area contributed by atoms with Crippen LogP contribution in [0.1, 0.15) is 20.3 Å². The van der Waals surface area contributed by atoms with Crippen molar-refractivity contribution in [3.05, 3.63) is 0 Å². The van der Waals surface area contributed by atoms with E-state index in [-0.39, 0.29) is 18.5 Å². The Morgan fingerprint density at radius 3 is 2.61 bits per heavy atom. The number of methoxy groups -OCH3 is 1. The molecular weight excluding hydrogens is 232 g/mol. The number of ether oxygens (including phenoxy) is 1. The summed E-state index contributed by atoms with van der Waals surface area (Å²) in [7, 11) is 5.10. The van der Waals surface area contributed by atoms with Gasteiger partial charge in [-0.05, 0) is 13.3 Å². The van der Waals surface area contributed by atoms with Crippen LogP contribution in [0.5, 0.6) is 0 Å². The SMILES string of the molecule is CCCNC(=NCC(=O)N(C)C)NC(C)COC. The molecule has 0 bridgehead atoms. The Morgan fingerprint density at radius 1 is 1.44 bits per heavy atom. The van der Waals surface area contributed by atoms with E-state index in [0.29, 0.717) is 12.6 Å². The fourth-order valence-corrected chi connectivity index (χ4v) is 1.21. The number of hydrogen-bond acceptors (Lipinski definition) is 3. The summed E-state index contributed by atoms with van der Waals surface area (Å²) >= 11 is 0. The van der Waals surface area contributed by atoms with E-state index in [1.54, 1.807) is 21.2 Å². The Balaban J connectivity index is 4.36. The molecule has 106 valence electrons. The first-order valence-corrected chi connectivity index (χ1v) is 6.25. The molecule has 1 atom stereocenters. The van der Waals surface area contributed by atoms with Crippen LogP contribution in [0, 0.1) is 0 Å². The van der Waals surface area contributed by atoms with Crippen LogP contribution < -0.4 is 10.6 Å². The molecule has 18 heavy (non-hydrogen) atoms. The third-order valence-electron chi connectivity index (χ3n) is 2.21. The maximum atomic E-state index is 11.5. The molecule has 0 fully saturated rings. The van der Waals surface area contributed by atoms with Crippen molar-refractivity contribution < 1.29 is 9.53 Å². The minimum atomic E-state index is -0.0213. The van der Waals surface area contributed by atoms with Crippen LogP contribution in [0.3, 0.4) is 0 Å². The molecule has 0 aromatic carbocycles. The zero-order chi connectivity index (χ0) is 14.0. The summed E-state index contributed by atoms with van der Waals surface area (Å²) in [5.41, 5.74) is 0. The Labute approximate surface area is 110 Å². The Kier molecular flexibility index (Phi) is 9.00. The quantitative estimate of drug-likeness (QED) is 0.500. The maximum Gasteiger partial charge on any atom is 0.243 e. The number of carbonyl (C=O) groups is 1. The van der Waals surface area contributed by atoms with Crippen LogP contribution in [0.4, 0.5) is 0 Å². The highest BCUT2D eigenvalue weighted by Crippen LogP contribution is 1.86. The number of aliphatic imine (C=N–C) groups is 1. The lowest BCUT2D eigenvalue weighted by atomic mass is 10.4. The fourth-order valence-electron chi connectivity index (χ4n) is 1.21. The van der Waals surface area contributed by atoms with E-state index in [1.165, 1.54) is 4.90 Å². The molecule has 0 aliphatic heterocycles. The molecule has 0 spiro atoms. The first-order valence-electron chi connectivity index (χ1n) is 6.25. The third kappa shape index (κ3) is 7.89. The number of amides is 1. The lowest BCUT2D eigenvalue weighted by molar-refractivity contribution is -0.127. The van der Waals surface area contributed by atoms with E-state index in [9.17, 15) is 4.79 Å². The first kappa shape index (κ1) is 16.7. The van der Waals surface area contributed by atoms with Gasteiger partial charge in [-0.15, -0.1) is 0 Å². The van der Waals surface area contributed by atoms with Gasteiger partial charge in [-0.3, -0.25) is 4.79 Å². The van der Waals surface area contributed by atoms with E-state index in [4.69, 9.17) is 4.74 Å². The smallest absolute Gasteiger partial charge is 0.243 e. The van der Waals surface area contributed by atoms with Gasteiger partial charge < -0.3 is 20.3 Å². The van der Waals surface area contributed by atoms with E-state index in [2.05, 4.69) is 22.5 Å². The van der Waals surface area contributed by atoms with Crippen molar-refractivity contribution in [3.63, 3.8) is 0 Å². The van der Waals surface area contributed by atoms with Crippen LogP contribution >= 0.6 is 0 Å². The summed E-state index contributed by atoms with van der Waals surface area (Å²) in [5.74, 6) is 0.628. The average molecular weight is 258 g/mol.